The zero-order chi connectivity index (χ0) is 19.9. The fourth-order valence-electron chi connectivity index (χ4n) is 3.16. The molecular formula is C24H30Br4Cu2N4. The van der Waals surface area contributed by atoms with Crippen molar-refractivity contribution in [2.24, 2.45) is 9.98 Å². The zero-order valence-corrected chi connectivity index (χ0v) is 27.9. The van der Waals surface area contributed by atoms with Crippen LogP contribution in [0.15, 0.2) is 58.8 Å². The molecule has 3 aromatic rings. The molecule has 4 nitrogen and oxygen atoms in total. The number of aliphatic imine (C=N–C) groups is 2. The second kappa shape index (κ2) is 21.0. The van der Waals surface area contributed by atoms with Crippen LogP contribution in [0.2, 0.25) is 0 Å². The van der Waals surface area contributed by atoms with Crippen LogP contribution in [0, 0.1) is 27.7 Å². The summed E-state index contributed by atoms with van der Waals surface area (Å²) in [6.07, 6.45) is 8.96. The summed E-state index contributed by atoms with van der Waals surface area (Å²) in [4.78, 5) is 18.2. The van der Waals surface area contributed by atoms with Gasteiger partial charge in [0.15, 0.2) is 0 Å². The van der Waals surface area contributed by atoms with E-state index in [2.05, 4.69) is 37.7 Å². The summed E-state index contributed by atoms with van der Waals surface area (Å²) < 4.78 is 0. The van der Waals surface area contributed by atoms with E-state index < -0.39 is 0 Å². The molecule has 0 aliphatic carbocycles. The number of benzene rings is 1. The largest absolute Gasteiger partial charge is 0.261 e. The van der Waals surface area contributed by atoms with Crippen LogP contribution in [0.4, 0.5) is 11.4 Å². The predicted octanol–water partition coefficient (Wildman–Crippen LogP) is 7.91. The van der Waals surface area contributed by atoms with Crippen molar-refractivity contribution in [1.82, 2.24) is 9.97 Å². The van der Waals surface area contributed by atoms with Gasteiger partial charge in [-0.3, -0.25) is 20.0 Å². The molecule has 10 heteroatoms. The maximum absolute atomic E-state index is 4.76. The maximum atomic E-state index is 4.76. The molecule has 0 atom stereocenters. The molecule has 3 rings (SSSR count). The molecule has 0 saturated heterocycles. The van der Waals surface area contributed by atoms with Crippen molar-refractivity contribution >= 4 is 91.7 Å². The van der Waals surface area contributed by atoms with Gasteiger partial charge in [0.05, 0.1) is 11.4 Å². The van der Waals surface area contributed by atoms with Crippen LogP contribution in [0.3, 0.4) is 0 Å². The van der Waals surface area contributed by atoms with E-state index in [-0.39, 0.29) is 102 Å². The Bertz CT molecular complexity index is 907. The van der Waals surface area contributed by atoms with Gasteiger partial charge >= 0.3 is 0 Å². The third-order valence-corrected chi connectivity index (χ3v) is 5.04. The molecule has 0 spiro atoms. The van der Waals surface area contributed by atoms with Crippen molar-refractivity contribution in [3.63, 3.8) is 0 Å². The number of nitrogens with zero attached hydrogens (tertiary/aromatic N) is 4. The average molecular weight is 821 g/mol. The van der Waals surface area contributed by atoms with Crippen LogP contribution in [-0.2, 0) is 47.0 Å². The third-order valence-electron chi connectivity index (χ3n) is 5.04. The molecule has 0 fully saturated rings. The summed E-state index contributed by atoms with van der Waals surface area (Å²) in [5, 5.41) is 0. The normalized spacial score (nSPS) is 9.53. The summed E-state index contributed by atoms with van der Waals surface area (Å²) in [7, 11) is 0. The summed E-state index contributed by atoms with van der Waals surface area (Å²) in [5.41, 5.74) is 8.80. The van der Waals surface area contributed by atoms with Crippen LogP contribution >= 0.6 is 67.9 Å². The first-order chi connectivity index (χ1) is 13.6. The van der Waals surface area contributed by atoms with Gasteiger partial charge in [0.1, 0.15) is 0 Å². The first kappa shape index (κ1) is 41.0. The van der Waals surface area contributed by atoms with E-state index in [1.54, 1.807) is 0 Å². The summed E-state index contributed by atoms with van der Waals surface area (Å²) >= 11 is 0. The van der Waals surface area contributed by atoms with E-state index in [0.717, 1.165) is 35.6 Å². The number of halogens is 4. The van der Waals surface area contributed by atoms with E-state index in [1.807, 2.05) is 61.2 Å². The SMILES string of the molecule is Br.Br.Br.Br.Cc1c(C)c(N=CCc2ccccn2)c(C)c(C)c1N=CCc1ccccn1.[Cu].[Cu]. The first-order valence-corrected chi connectivity index (χ1v) is 9.53. The number of rotatable bonds is 6. The van der Waals surface area contributed by atoms with Crippen molar-refractivity contribution in [2.75, 3.05) is 0 Å². The standard InChI is InChI=1S/C24H26N4.4BrH.2Cu/c1-17-18(2)24(28-16-12-22-10-6-8-14-26-22)20(4)19(3)23(17)27-15-11-21-9-5-7-13-25-21;;;;;;/h5-10,13-16H,11-12H2,1-4H3;4*1H;;. The molecule has 0 bridgehead atoms. The first-order valence-electron chi connectivity index (χ1n) is 9.53. The number of hydrogen-bond donors (Lipinski definition) is 0. The molecule has 196 valence electrons. The van der Waals surface area contributed by atoms with Gasteiger partial charge < -0.3 is 0 Å². The van der Waals surface area contributed by atoms with Gasteiger partial charge in [0.2, 0.25) is 0 Å². The summed E-state index contributed by atoms with van der Waals surface area (Å²) in [6.45, 7) is 8.47. The van der Waals surface area contributed by atoms with Gasteiger partial charge in [0.25, 0.3) is 0 Å². The number of pyridine rings is 2. The van der Waals surface area contributed by atoms with Crippen LogP contribution in [-0.4, -0.2) is 22.4 Å². The fourth-order valence-corrected chi connectivity index (χ4v) is 3.16. The monoisotopic (exact) mass is 816 g/mol. The zero-order valence-electron chi connectivity index (χ0n) is 19.2. The molecule has 0 saturated carbocycles. The topological polar surface area (TPSA) is 50.5 Å². The molecule has 0 N–H and O–H groups in total. The maximum Gasteiger partial charge on any atom is 0.0690 e. The van der Waals surface area contributed by atoms with E-state index in [4.69, 9.17) is 9.98 Å². The van der Waals surface area contributed by atoms with E-state index in [1.165, 1.54) is 22.3 Å². The van der Waals surface area contributed by atoms with Crippen molar-refractivity contribution in [2.45, 2.75) is 40.5 Å². The Kier molecular flexibility index (Phi) is 25.3. The van der Waals surface area contributed by atoms with Crippen molar-refractivity contribution in [3.8, 4) is 0 Å². The van der Waals surface area contributed by atoms with Gasteiger partial charge in [-0.05, 0) is 74.2 Å². The average Bonchev–Trinajstić information content (AvgIpc) is 2.73. The minimum Gasteiger partial charge on any atom is -0.261 e. The Morgan fingerprint density at radius 3 is 1.18 bits per heavy atom. The van der Waals surface area contributed by atoms with Crippen LogP contribution in [0.25, 0.3) is 0 Å². The molecular weight excluding hydrogens is 791 g/mol. The van der Waals surface area contributed by atoms with Gasteiger partial charge in [-0.15, -0.1) is 67.9 Å². The van der Waals surface area contributed by atoms with E-state index in [0.29, 0.717) is 0 Å². The summed E-state index contributed by atoms with van der Waals surface area (Å²) in [6, 6.07) is 11.9. The smallest absolute Gasteiger partial charge is 0.0690 e. The van der Waals surface area contributed by atoms with Gasteiger partial charge in [-0.25, -0.2) is 0 Å². The van der Waals surface area contributed by atoms with E-state index in [9.17, 15) is 0 Å². The Morgan fingerprint density at radius 1 is 0.588 bits per heavy atom. The van der Waals surface area contributed by atoms with Crippen molar-refractivity contribution in [3.05, 3.63) is 82.4 Å². The molecule has 34 heavy (non-hydrogen) atoms. The second-order valence-corrected chi connectivity index (χ2v) is 6.87. The molecule has 2 radical (unpaired) electrons. The van der Waals surface area contributed by atoms with Gasteiger partial charge in [0, 0.05) is 83.2 Å². The molecule has 0 aliphatic rings. The third kappa shape index (κ3) is 11.3. The predicted molar refractivity (Wildman–Crippen MR) is 159 cm³/mol. The molecule has 2 heterocycles. The van der Waals surface area contributed by atoms with Crippen molar-refractivity contribution in [1.29, 1.82) is 0 Å². The minimum atomic E-state index is 0. The van der Waals surface area contributed by atoms with Crippen LogP contribution < -0.4 is 0 Å². The molecule has 1 aromatic carbocycles. The molecule has 0 aliphatic heterocycles. The number of hydrogen-bond acceptors (Lipinski definition) is 4. The Labute approximate surface area is 266 Å². The molecule has 2 aromatic heterocycles. The Morgan fingerprint density at radius 2 is 0.912 bits per heavy atom. The second-order valence-electron chi connectivity index (χ2n) is 6.87. The van der Waals surface area contributed by atoms with Crippen molar-refractivity contribution < 1.29 is 34.1 Å². The minimum absolute atomic E-state index is 0. The fraction of sp³-hybridized carbons (Fsp3) is 0.250. The molecule has 0 amide bonds. The quantitative estimate of drug-likeness (QED) is 0.188. The Balaban J connectivity index is -0.000000750. The number of aromatic nitrogens is 2. The summed E-state index contributed by atoms with van der Waals surface area (Å²) in [5.74, 6) is 0. The molecule has 0 unspecified atom stereocenters. The van der Waals surface area contributed by atoms with E-state index >= 15 is 0 Å². The van der Waals surface area contributed by atoms with Gasteiger partial charge in [-0.1, -0.05) is 12.1 Å². The van der Waals surface area contributed by atoms with Gasteiger partial charge in [-0.2, -0.15) is 0 Å². The van der Waals surface area contributed by atoms with Crippen LogP contribution in [0.1, 0.15) is 33.6 Å². The Hall–Kier alpha value is -0.181. The van der Waals surface area contributed by atoms with Crippen LogP contribution in [0.5, 0.6) is 0 Å².